The fourth-order valence-electron chi connectivity index (χ4n) is 0.221. The van der Waals surface area contributed by atoms with Crippen LogP contribution >= 0.6 is 0 Å². The van der Waals surface area contributed by atoms with Crippen LogP contribution in [0.5, 0.6) is 0 Å². The van der Waals surface area contributed by atoms with Gasteiger partial charge in [-0.3, -0.25) is 4.79 Å². The van der Waals surface area contributed by atoms with Gasteiger partial charge in [0.25, 0.3) is 0 Å². The molecule has 86 valence electrons. The minimum absolute atomic E-state index is 0.505. The van der Waals surface area contributed by atoms with Gasteiger partial charge in [-0.05, 0) is 0 Å². The Labute approximate surface area is 84.2 Å². The number of carboxylic acid groups (broad SMARTS) is 3. The van der Waals surface area contributed by atoms with E-state index in [1.165, 1.54) is 0 Å². The number of rotatable bonds is 4. The molecule has 8 heteroatoms. The van der Waals surface area contributed by atoms with Crippen LogP contribution in [0.2, 0.25) is 0 Å². The van der Waals surface area contributed by atoms with E-state index in [1.807, 2.05) is 0 Å². The second kappa shape index (κ2) is 8.66. The van der Waals surface area contributed by atoms with Crippen molar-refractivity contribution < 1.29 is 34.8 Å². The standard InChI is InChI=1S/C4H4O4.C3H7NO3/c5-3(6)1-2-4(7)8;4-2(1-5)3(6)7/h1-2H,(H,5,6)(H,7,8);2,5H,1,4H2,(H,6,7)/b2-1+;/t;2-/m.0/s1. The third kappa shape index (κ3) is 14.9. The average molecular weight is 221 g/mol. The second-order valence-electron chi connectivity index (χ2n) is 2.14. The fraction of sp³-hybridized carbons (Fsp3) is 0.286. The Balaban J connectivity index is 0. The highest BCUT2D eigenvalue weighted by molar-refractivity contribution is 5.89. The highest BCUT2D eigenvalue weighted by Crippen LogP contribution is 1.71. The molecule has 0 aromatic rings. The summed E-state index contributed by atoms with van der Waals surface area (Å²) in [7, 11) is 0. The molecule has 0 bridgehead atoms. The van der Waals surface area contributed by atoms with Crippen LogP contribution in [0.1, 0.15) is 0 Å². The molecule has 0 aliphatic rings. The van der Waals surface area contributed by atoms with Crippen LogP contribution in [-0.2, 0) is 14.4 Å². The van der Waals surface area contributed by atoms with Gasteiger partial charge < -0.3 is 26.2 Å². The van der Waals surface area contributed by atoms with Gasteiger partial charge in [-0.25, -0.2) is 9.59 Å². The molecule has 8 nitrogen and oxygen atoms in total. The molecule has 6 N–H and O–H groups in total. The van der Waals surface area contributed by atoms with E-state index < -0.39 is 30.6 Å². The minimum atomic E-state index is -1.26. The first kappa shape index (κ1) is 15.5. The van der Waals surface area contributed by atoms with E-state index in [2.05, 4.69) is 0 Å². The van der Waals surface area contributed by atoms with Crippen LogP contribution in [0.15, 0.2) is 12.2 Å². The van der Waals surface area contributed by atoms with Crippen molar-refractivity contribution in [1.29, 1.82) is 0 Å². The van der Waals surface area contributed by atoms with Crippen LogP contribution in [-0.4, -0.2) is 51.0 Å². The van der Waals surface area contributed by atoms with Gasteiger partial charge >= 0.3 is 17.9 Å². The number of nitrogens with two attached hydrogens (primary N) is 1. The number of aliphatic hydroxyl groups excluding tert-OH is 1. The smallest absolute Gasteiger partial charge is 0.328 e. The maximum atomic E-state index is 9.65. The van der Waals surface area contributed by atoms with E-state index >= 15 is 0 Å². The van der Waals surface area contributed by atoms with Gasteiger partial charge in [0.2, 0.25) is 0 Å². The monoisotopic (exact) mass is 221 g/mol. The predicted molar refractivity (Wildman–Crippen MR) is 47.1 cm³/mol. The van der Waals surface area contributed by atoms with Gasteiger partial charge in [0, 0.05) is 12.2 Å². The minimum Gasteiger partial charge on any atom is -0.480 e. The van der Waals surface area contributed by atoms with E-state index in [0.29, 0.717) is 12.2 Å². The summed E-state index contributed by atoms with van der Waals surface area (Å²) in [5, 5.41) is 31.5. The molecule has 0 saturated heterocycles. The molecule has 0 aromatic carbocycles. The van der Waals surface area contributed by atoms with E-state index in [9.17, 15) is 14.4 Å². The lowest BCUT2D eigenvalue weighted by Crippen LogP contribution is -2.33. The van der Waals surface area contributed by atoms with Crippen molar-refractivity contribution in [2.45, 2.75) is 6.04 Å². The molecule has 15 heavy (non-hydrogen) atoms. The number of carbonyl (C=O) groups is 3. The normalized spacial score (nSPS) is 11.3. The van der Waals surface area contributed by atoms with E-state index in [4.69, 9.17) is 26.2 Å². The molecule has 0 aliphatic carbocycles. The molecule has 0 heterocycles. The maximum Gasteiger partial charge on any atom is 0.328 e. The first-order chi connectivity index (χ1) is 6.81. The quantitative estimate of drug-likeness (QED) is 0.344. The van der Waals surface area contributed by atoms with E-state index in [0.717, 1.165) is 0 Å². The topological polar surface area (TPSA) is 158 Å². The lowest BCUT2D eigenvalue weighted by Gasteiger charge is -1.96. The summed E-state index contributed by atoms with van der Waals surface area (Å²) >= 11 is 0. The lowest BCUT2D eigenvalue weighted by atomic mass is 10.3. The zero-order valence-corrected chi connectivity index (χ0v) is 7.53. The summed E-state index contributed by atoms with van der Waals surface area (Å²) in [6.45, 7) is -0.505. The first-order valence-corrected chi connectivity index (χ1v) is 3.54. The number of hydrogen-bond acceptors (Lipinski definition) is 5. The Bertz CT molecular complexity index is 244. The van der Waals surface area contributed by atoms with Crippen LogP contribution in [0, 0.1) is 0 Å². The van der Waals surface area contributed by atoms with Gasteiger partial charge in [-0.1, -0.05) is 0 Å². The average Bonchev–Trinajstić information content (AvgIpc) is 2.14. The third-order valence-electron chi connectivity index (χ3n) is 0.882. The van der Waals surface area contributed by atoms with Crippen molar-refractivity contribution >= 4 is 17.9 Å². The molecule has 0 radical (unpaired) electrons. The molecular weight excluding hydrogens is 210 g/mol. The fourth-order valence-corrected chi connectivity index (χ4v) is 0.221. The summed E-state index contributed by atoms with van der Waals surface area (Å²) in [6, 6.07) is -1.13. The Morgan fingerprint density at radius 1 is 1.07 bits per heavy atom. The molecular formula is C7H11NO7. The van der Waals surface area contributed by atoms with Crippen molar-refractivity contribution in [3.63, 3.8) is 0 Å². The SMILES string of the molecule is N[C@@H](CO)C(=O)O.O=C(O)/C=C/C(=O)O. The molecule has 0 saturated carbocycles. The van der Waals surface area contributed by atoms with Gasteiger partial charge in [-0.2, -0.15) is 0 Å². The highest BCUT2D eigenvalue weighted by Gasteiger charge is 2.06. The lowest BCUT2D eigenvalue weighted by molar-refractivity contribution is -0.139. The largest absolute Gasteiger partial charge is 0.480 e. The van der Waals surface area contributed by atoms with E-state index in [-0.39, 0.29) is 0 Å². The molecule has 1 atom stereocenters. The summed E-state index contributed by atoms with van der Waals surface area (Å²) in [5.74, 6) is -3.69. The predicted octanol–water partition coefficient (Wildman–Crippen LogP) is -1.90. The molecule has 0 amide bonds. The molecule has 0 rings (SSSR count). The Kier molecular flexibility index (Phi) is 8.97. The molecule has 0 unspecified atom stereocenters. The van der Waals surface area contributed by atoms with E-state index in [1.54, 1.807) is 0 Å². The molecule has 0 aromatic heterocycles. The van der Waals surface area contributed by atoms with Crippen LogP contribution in [0.25, 0.3) is 0 Å². The van der Waals surface area contributed by atoms with Gasteiger partial charge in [-0.15, -0.1) is 0 Å². The zero-order chi connectivity index (χ0) is 12.4. The molecule has 0 fully saturated rings. The van der Waals surface area contributed by atoms with Crippen molar-refractivity contribution in [2.24, 2.45) is 5.73 Å². The summed E-state index contributed by atoms with van der Waals surface area (Å²) in [4.78, 5) is 28.8. The number of aliphatic carboxylic acids is 3. The number of carboxylic acids is 3. The van der Waals surface area contributed by atoms with Crippen molar-refractivity contribution in [2.75, 3.05) is 6.61 Å². The Morgan fingerprint density at radius 3 is 1.47 bits per heavy atom. The number of aliphatic hydroxyl groups is 1. The van der Waals surface area contributed by atoms with Crippen molar-refractivity contribution in [3.05, 3.63) is 12.2 Å². The van der Waals surface area contributed by atoms with Crippen LogP contribution < -0.4 is 5.73 Å². The third-order valence-corrected chi connectivity index (χ3v) is 0.882. The van der Waals surface area contributed by atoms with Gasteiger partial charge in [0.15, 0.2) is 0 Å². The second-order valence-corrected chi connectivity index (χ2v) is 2.14. The van der Waals surface area contributed by atoms with Crippen LogP contribution in [0.4, 0.5) is 0 Å². The van der Waals surface area contributed by atoms with Gasteiger partial charge in [0.05, 0.1) is 6.61 Å². The van der Waals surface area contributed by atoms with Gasteiger partial charge in [0.1, 0.15) is 6.04 Å². The van der Waals surface area contributed by atoms with Crippen molar-refractivity contribution in [1.82, 2.24) is 0 Å². The highest BCUT2D eigenvalue weighted by atomic mass is 16.4. The summed E-state index contributed by atoms with van der Waals surface area (Å²) < 4.78 is 0. The molecule has 0 spiro atoms. The van der Waals surface area contributed by atoms with Crippen molar-refractivity contribution in [3.8, 4) is 0 Å². The molecule has 0 aliphatic heterocycles. The zero-order valence-electron chi connectivity index (χ0n) is 7.53. The summed E-state index contributed by atoms with van der Waals surface area (Å²) in [6.07, 6.45) is 1.12. The summed E-state index contributed by atoms with van der Waals surface area (Å²) in [5.41, 5.74) is 4.77. The first-order valence-electron chi connectivity index (χ1n) is 3.54. The Hall–Kier alpha value is -1.93. The van der Waals surface area contributed by atoms with Crippen LogP contribution in [0.3, 0.4) is 0 Å². The number of hydrogen-bond donors (Lipinski definition) is 5. The maximum absolute atomic E-state index is 9.65. The Morgan fingerprint density at radius 2 is 1.40 bits per heavy atom.